The Morgan fingerprint density at radius 2 is 2.35 bits per heavy atom. The Balaban J connectivity index is 2.66. The molecular formula is C10H15N3O3S. The van der Waals surface area contributed by atoms with Crippen LogP contribution in [0.4, 0.5) is 0 Å². The molecule has 0 aliphatic heterocycles. The van der Waals surface area contributed by atoms with E-state index in [2.05, 4.69) is 10.3 Å². The summed E-state index contributed by atoms with van der Waals surface area (Å²) in [6.45, 7) is 2.13. The predicted molar refractivity (Wildman–Crippen MR) is 63.8 cm³/mol. The molecule has 1 rings (SSSR count). The van der Waals surface area contributed by atoms with Crippen LogP contribution in [0.25, 0.3) is 0 Å². The quantitative estimate of drug-likeness (QED) is 0.691. The highest BCUT2D eigenvalue weighted by Crippen LogP contribution is 2.09. The fraction of sp³-hybridized carbons (Fsp3) is 0.500. The van der Waals surface area contributed by atoms with Crippen LogP contribution in [0.15, 0.2) is 5.38 Å². The van der Waals surface area contributed by atoms with Crippen LogP contribution < -0.4 is 11.1 Å². The number of nitrogens with one attached hydrogen (secondary N) is 1. The van der Waals surface area contributed by atoms with Crippen molar-refractivity contribution in [3.8, 4) is 0 Å². The van der Waals surface area contributed by atoms with Crippen LogP contribution in [0, 0.1) is 0 Å². The molecule has 4 N–H and O–H groups in total. The van der Waals surface area contributed by atoms with Gasteiger partial charge in [-0.3, -0.25) is 4.79 Å². The van der Waals surface area contributed by atoms with Crippen molar-refractivity contribution in [3.05, 3.63) is 16.1 Å². The smallest absolute Gasteiger partial charge is 0.326 e. The van der Waals surface area contributed by atoms with Gasteiger partial charge in [-0.05, 0) is 6.42 Å². The number of carboxylic acid groups (broad SMARTS) is 1. The summed E-state index contributed by atoms with van der Waals surface area (Å²) in [6.07, 6.45) is 1.08. The van der Waals surface area contributed by atoms with E-state index in [0.29, 0.717) is 17.8 Å². The summed E-state index contributed by atoms with van der Waals surface area (Å²) in [4.78, 5) is 26.5. The number of nitrogens with zero attached hydrogens (tertiary/aromatic N) is 1. The maximum Gasteiger partial charge on any atom is 0.326 e. The first-order valence-electron chi connectivity index (χ1n) is 5.26. The van der Waals surface area contributed by atoms with Crippen molar-refractivity contribution in [1.82, 2.24) is 10.3 Å². The third-order valence-electron chi connectivity index (χ3n) is 2.14. The van der Waals surface area contributed by atoms with Gasteiger partial charge in [-0.15, -0.1) is 11.3 Å². The van der Waals surface area contributed by atoms with E-state index in [1.165, 1.54) is 11.3 Å². The number of hydrogen-bond acceptors (Lipinski definition) is 5. The molecule has 0 aliphatic rings. The molecule has 0 bridgehead atoms. The van der Waals surface area contributed by atoms with E-state index in [9.17, 15) is 9.59 Å². The number of nitrogens with two attached hydrogens (primary N) is 1. The Hall–Kier alpha value is -1.47. The number of aliphatic carboxylic acids is 1. The summed E-state index contributed by atoms with van der Waals surface area (Å²) in [5.41, 5.74) is 5.60. The molecule has 0 aliphatic carbocycles. The molecule has 0 saturated carbocycles. The van der Waals surface area contributed by atoms with Crippen molar-refractivity contribution in [3.63, 3.8) is 0 Å². The number of rotatable bonds is 6. The lowest BCUT2D eigenvalue weighted by Gasteiger charge is -2.12. The minimum absolute atomic E-state index is 0.220. The summed E-state index contributed by atoms with van der Waals surface area (Å²) in [6, 6.07) is -0.865. The molecule has 6 nitrogen and oxygen atoms in total. The molecule has 0 saturated heterocycles. The van der Waals surface area contributed by atoms with Crippen LogP contribution >= 0.6 is 11.3 Å². The number of carbonyl (C=O) groups excluding carboxylic acids is 1. The molecule has 0 radical (unpaired) electrons. The lowest BCUT2D eigenvalue weighted by Crippen LogP contribution is -2.40. The van der Waals surface area contributed by atoms with Gasteiger partial charge in [-0.1, -0.05) is 13.3 Å². The van der Waals surface area contributed by atoms with Gasteiger partial charge in [0, 0.05) is 11.9 Å². The van der Waals surface area contributed by atoms with Crippen molar-refractivity contribution >= 4 is 23.2 Å². The Labute approximate surface area is 103 Å². The zero-order chi connectivity index (χ0) is 12.8. The molecule has 1 heterocycles. The fourth-order valence-corrected chi connectivity index (χ4v) is 1.94. The maximum absolute atomic E-state index is 11.7. The van der Waals surface area contributed by atoms with Crippen molar-refractivity contribution in [2.45, 2.75) is 32.4 Å². The van der Waals surface area contributed by atoms with E-state index < -0.39 is 17.9 Å². The largest absolute Gasteiger partial charge is 0.480 e. The zero-order valence-electron chi connectivity index (χ0n) is 9.47. The van der Waals surface area contributed by atoms with Crippen molar-refractivity contribution < 1.29 is 14.7 Å². The minimum atomic E-state index is -1.03. The second-order valence-electron chi connectivity index (χ2n) is 3.48. The predicted octanol–water partition coefficient (Wildman–Crippen LogP) is 0.585. The standard InChI is InChI=1S/C10H15N3O3S/c1-2-3-6(10(15)16)13-9(14)7-5-17-8(4-11)12-7/h5-6H,2-4,11H2,1H3,(H,13,14)(H,15,16)/t6-/m1/s1. The third-order valence-corrected chi connectivity index (χ3v) is 3.01. The minimum Gasteiger partial charge on any atom is -0.480 e. The number of hydrogen-bond donors (Lipinski definition) is 3. The number of thiazole rings is 1. The van der Waals surface area contributed by atoms with Crippen LogP contribution in [0.1, 0.15) is 35.3 Å². The first-order valence-corrected chi connectivity index (χ1v) is 6.14. The lowest BCUT2D eigenvalue weighted by molar-refractivity contribution is -0.139. The van der Waals surface area contributed by atoms with Gasteiger partial charge in [0.05, 0.1) is 0 Å². The average Bonchev–Trinajstić information content (AvgIpc) is 2.76. The number of aromatic nitrogens is 1. The topological polar surface area (TPSA) is 105 Å². The Kier molecular flexibility index (Phi) is 5.05. The highest BCUT2D eigenvalue weighted by atomic mass is 32.1. The first kappa shape index (κ1) is 13.6. The number of amides is 1. The van der Waals surface area contributed by atoms with Crippen LogP contribution in [0.2, 0.25) is 0 Å². The van der Waals surface area contributed by atoms with E-state index in [4.69, 9.17) is 10.8 Å². The van der Waals surface area contributed by atoms with Crippen LogP contribution in [0.5, 0.6) is 0 Å². The fourth-order valence-electron chi connectivity index (χ4n) is 1.29. The van der Waals surface area contributed by atoms with Gasteiger partial charge >= 0.3 is 5.97 Å². The zero-order valence-corrected chi connectivity index (χ0v) is 10.3. The molecule has 0 spiro atoms. The first-order chi connectivity index (χ1) is 8.08. The molecule has 1 amide bonds. The maximum atomic E-state index is 11.7. The van der Waals surface area contributed by atoms with Crippen LogP contribution in [0.3, 0.4) is 0 Å². The summed E-state index contributed by atoms with van der Waals surface area (Å²) >= 11 is 1.28. The van der Waals surface area contributed by atoms with Gasteiger partial charge in [0.2, 0.25) is 0 Å². The molecular weight excluding hydrogens is 242 g/mol. The highest BCUT2D eigenvalue weighted by Gasteiger charge is 2.20. The van der Waals surface area contributed by atoms with E-state index >= 15 is 0 Å². The molecule has 94 valence electrons. The van der Waals surface area contributed by atoms with Gasteiger partial charge in [0.15, 0.2) is 0 Å². The number of carboxylic acids is 1. The average molecular weight is 257 g/mol. The summed E-state index contributed by atoms with van der Waals surface area (Å²) in [5.74, 6) is -1.50. The molecule has 1 atom stereocenters. The van der Waals surface area contributed by atoms with Gasteiger partial charge < -0.3 is 16.2 Å². The molecule has 17 heavy (non-hydrogen) atoms. The number of carbonyl (C=O) groups is 2. The summed E-state index contributed by atoms with van der Waals surface area (Å²) < 4.78 is 0. The molecule has 1 aromatic rings. The highest BCUT2D eigenvalue weighted by molar-refractivity contribution is 7.09. The van der Waals surface area contributed by atoms with Gasteiger partial charge in [0.1, 0.15) is 16.7 Å². The second kappa shape index (κ2) is 6.31. The second-order valence-corrected chi connectivity index (χ2v) is 4.43. The van der Waals surface area contributed by atoms with E-state index in [0.717, 1.165) is 0 Å². The normalized spacial score (nSPS) is 12.1. The Morgan fingerprint density at radius 3 is 2.82 bits per heavy atom. The van der Waals surface area contributed by atoms with E-state index in [1.54, 1.807) is 5.38 Å². The summed E-state index contributed by atoms with van der Waals surface area (Å²) in [5, 5.41) is 13.6. The molecule has 0 fully saturated rings. The van der Waals surface area contributed by atoms with Crippen molar-refractivity contribution in [2.75, 3.05) is 0 Å². The summed E-state index contributed by atoms with van der Waals surface area (Å²) in [7, 11) is 0. The lowest BCUT2D eigenvalue weighted by atomic mass is 10.1. The van der Waals surface area contributed by atoms with Gasteiger partial charge in [0.25, 0.3) is 5.91 Å². The van der Waals surface area contributed by atoms with Crippen LogP contribution in [-0.2, 0) is 11.3 Å². The van der Waals surface area contributed by atoms with E-state index in [-0.39, 0.29) is 12.2 Å². The molecule has 0 unspecified atom stereocenters. The van der Waals surface area contributed by atoms with Crippen molar-refractivity contribution in [2.24, 2.45) is 5.73 Å². The van der Waals surface area contributed by atoms with Crippen molar-refractivity contribution in [1.29, 1.82) is 0 Å². The van der Waals surface area contributed by atoms with Gasteiger partial charge in [-0.25, -0.2) is 9.78 Å². The molecule has 1 aromatic heterocycles. The molecule has 0 aromatic carbocycles. The Bertz CT molecular complexity index is 405. The van der Waals surface area contributed by atoms with Gasteiger partial charge in [-0.2, -0.15) is 0 Å². The third kappa shape index (κ3) is 3.79. The Morgan fingerprint density at radius 1 is 1.65 bits per heavy atom. The monoisotopic (exact) mass is 257 g/mol. The SMILES string of the molecule is CCC[C@@H](NC(=O)c1csc(CN)n1)C(=O)O. The molecule has 7 heteroatoms. The van der Waals surface area contributed by atoms with Crippen LogP contribution in [-0.4, -0.2) is 28.0 Å². The van der Waals surface area contributed by atoms with E-state index in [1.807, 2.05) is 6.92 Å².